The van der Waals surface area contributed by atoms with Gasteiger partial charge in [-0.25, -0.2) is 0 Å². The summed E-state index contributed by atoms with van der Waals surface area (Å²) in [5.41, 5.74) is 2.31. The fourth-order valence-corrected chi connectivity index (χ4v) is 3.76. The zero-order valence-corrected chi connectivity index (χ0v) is 16.8. The smallest absolute Gasteiger partial charge is 0.310 e. The van der Waals surface area contributed by atoms with E-state index in [0.717, 1.165) is 44.2 Å². The summed E-state index contributed by atoms with van der Waals surface area (Å²) in [5, 5.41) is 0. The average molecular weight is 383 g/mol. The van der Waals surface area contributed by atoms with E-state index in [1.807, 2.05) is 43.3 Å². The largest absolute Gasteiger partial charge is 0.495 e. The van der Waals surface area contributed by atoms with Crippen LogP contribution in [0.1, 0.15) is 12.5 Å². The van der Waals surface area contributed by atoms with Crippen molar-refractivity contribution in [1.29, 1.82) is 0 Å². The molecule has 1 aliphatic rings. The molecule has 1 unspecified atom stereocenters. The van der Waals surface area contributed by atoms with Crippen molar-refractivity contribution >= 4 is 11.7 Å². The number of anilines is 1. The number of carbonyl (C=O) groups is 1. The van der Waals surface area contributed by atoms with Gasteiger partial charge in [-0.2, -0.15) is 0 Å². The molecule has 0 radical (unpaired) electrons. The lowest BCUT2D eigenvalue weighted by atomic mass is 9.98. The number of hydrogen-bond donors (Lipinski definition) is 0. The Morgan fingerprint density at radius 1 is 1.00 bits per heavy atom. The highest BCUT2D eigenvalue weighted by Gasteiger charge is 2.26. The van der Waals surface area contributed by atoms with Crippen LogP contribution in [0.15, 0.2) is 54.6 Å². The maximum absolute atomic E-state index is 12.5. The van der Waals surface area contributed by atoms with E-state index < -0.39 is 0 Å². The van der Waals surface area contributed by atoms with E-state index in [1.165, 1.54) is 5.56 Å². The van der Waals surface area contributed by atoms with Crippen molar-refractivity contribution in [3.8, 4) is 5.75 Å². The van der Waals surface area contributed by atoms with Gasteiger partial charge < -0.3 is 14.4 Å². The van der Waals surface area contributed by atoms with Crippen LogP contribution in [0.4, 0.5) is 5.69 Å². The van der Waals surface area contributed by atoms with Crippen LogP contribution in [0.2, 0.25) is 0 Å². The highest BCUT2D eigenvalue weighted by molar-refractivity contribution is 5.73. The Morgan fingerprint density at radius 2 is 1.68 bits per heavy atom. The molecule has 0 amide bonds. The molecule has 0 aromatic heterocycles. The second kappa shape index (κ2) is 10.1. The lowest BCUT2D eigenvalue weighted by molar-refractivity contribution is -0.148. The minimum absolute atomic E-state index is 0.0986. The van der Waals surface area contributed by atoms with Crippen molar-refractivity contribution in [2.24, 2.45) is 5.92 Å². The van der Waals surface area contributed by atoms with E-state index in [-0.39, 0.29) is 11.9 Å². The van der Waals surface area contributed by atoms with Gasteiger partial charge in [0.1, 0.15) is 5.75 Å². The molecule has 1 atom stereocenters. The van der Waals surface area contributed by atoms with Crippen LogP contribution in [-0.2, 0) is 16.0 Å². The predicted octanol–water partition coefficient (Wildman–Crippen LogP) is 3.24. The third-order valence-electron chi connectivity index (χ3n) is 5.22. The molecule has 5 nitrogen and oxygen atoms in total. The first-order valence-electron chi connectivity index (χ1n) is 10.0. The molecular formula is C23H30N2O3. The Bertz CT molecular complexity index is 743. The van der Waals surface area contributed by atoms with Gasteiger partial charge in [0.05, 0.1) is 25.3 Å². The lowest BCUT2D eigenvalue weighted by Crippen LogP contribution is -2.49. The summed E-state index contributed by atoms with van der Waals surface area (Å²) in [7, 11) is 1.71. The predicted molar refractivity (Wildman–Crippen MR) is 112 cm³/mol. The number of nitrogens with zero attached hydrogens (tertiary/aromatic N) is 2. The number of rotatable bonds is 8. The van der Waals surface area contributed by atoms with Crippen LogP contribution in [0.5, 0.6) is 5.75 Å². The number of para-hydroxylation sites is 2. The number of methoxy groups -OCH3 is 1. The second-order valence-corrected chi connectivity index (χ2v) is 7.10. The van der Waals surface area contributed by atoms with Gasteiger partial charge in [0.2, 0.25) is 0 Å². The molecule has 1 fully saturated rings. The first-order valence-corrected chi connectivity index (χ1v) is 10.0. The Labute approximate surface area is 167 Å². The number of piperazine rings is 1. The van der Waals surface area contributed by atoms with Gasteiger partial charge in [0, 0.05) is 32.7 Å². The van der Waals surface area contributed by atoms with E-state index in [0.29, 0.717) is 13.0 Å². The summed E-state index contributed by atoms with van der Waals surface area (Å²) in [6, 6.07) is 18.3. The highest BCUT2D eigenvalue weighted by Crippen LogP contribution is 2.28. The van der Waals surface area contributed by atoms with Crippen molar-refractivity contribution < 1.29 is 14.3 Å². The second-order valence-electron chi connectivity index (χ2n) is 7.10. The fourth-order valence-electron chi connectivity index (χ4n) is 3.76. The summed E-state index contributed by atoms with van der Waals surface area (Å²) in [6.07, 6.45) is 0.715. The van der Waals surface area contributed by atoms with Crippen LogP contribution in [-0.4, -0.2) is 57.3 Å². The standard InChI is InChI=1S/C23H30N2O3/c1-3-28-23(26)20(17-19-9-5-4-6-10-19)18-24-13-15-25(16-14-24)21-11-7-8-12-22(21)27-2/h4-12,20H,3,13-18H2,1-2H3. The quantitative estimate of drug-likeness (QED) is 0.656. The minimum atomic E-state index is -0.139. The minimum Gasteiger partial charge on any atom is -0.495 e. The number of benzene rings is 2. The molecule has 0 bridgehead atoms. The first-order chi connectivity index (χ1) is 13.7. The molecule has 0 spiro atoms. The molecule has 0 saturated carbocycles. The maximum Gasteiger partial charge on any atom is 0.310 e. The number of hydrogen-bond acceptors (Lipinski definition) is 5. The number of ether oxygens (including phenoxy) is 2. The van der Waals surface area contributed by atoms with Gasteiger partial charge >= 0.3 is 5.97 Å². The van der Waals surface area contributed by atoms with E-state index in [4.69, 9.17) is 9.47 Å². The molecule has 1 heterocycles. The van der Waals surface area contributed by atoms with Crippen LogP contribution in [0, 0.1) is 5.92 Å². The summed E-state index contributed by atoms with van der Waals surface area (Å²) in [5.74, 6) is 0.670. The molecule has 0 aliphatic carbocycles. The SMILES string of the molecule is CCOC(=O)C(Cc1ccccc1)CN1CCN(c2ccccc2OC)CC1. The molecule has 2 aromatic carbocycles. The van der Waals surface area contributed by atoms with E-state index in [9.17, 15) is 4.79 Å². The van der Waals surface area contributed by atoms with E-state index >= 15 is 0 Å². The highest BCUT2D eigenvalue weighted by atomic mass is 16.5. The molecule has 0 N–H and O–H groups in total. The van der Waals surface area contributed by atoms with Crippen molar-refractivity contribution in [1.82, 2.24) is 4.90 Å². The summed E-state index contributed by atoms with van der Waals surface area (Å²) < 4.78 is 10.8. The lowest BCUT2D eigenvalue weighted by Gasteiger charge is -2.37. The zero-order valence-electron chi connectivity index (χ0n) is 16.8. The van der Waals surface area contributed by atoms with Gasteiger partial charge in [-0.3, -0.25) is 9.69 Å². The molecule has 3 rings (SSSR count). The molecule has 1 aliphatic heterocycles. The average Bonchev–Trinajstić information content (AvgIpc) is 2.75. The van der Waals surface area contributed by atoms with Gasteiger partial charge in [0.15, 0.2) is 0 Å². The Morgan fingerprint density at radius 3 is 2.36 bits per heavy atom. The van der Waals surface area contributed by atoms with Gasteiger partial charge in [0.25, 0.3) is 0 Å². The fraction of sp³-hybridized carbons (Fsp3) is 0.435. The van der Waals surface area contributed by atoms with Crippen LogP contribution in [0.3, 0.4) is 0 Å². The Hall–Kier alpha value is -2.53. The van der Waals surface area contributed by atoms with E-state index in [1.54, 1.807) is 7.11 Å². The summed E-state index contributed by atoms with van der Waals surface area (Å²) in [4.78, 5) is 17.2. The normalized spacial score (nSPS) is 15.9. The number of esters is 1. The molecular weight excluding hydrogens is 352 g/mol. The number of carbonyl (C=O) groups excluding carboxylic acids is 1. The molecule has 2 aromatic rings. The maximum atomic E-state index is 12.5. The topological polar surface area (TPSA) is 42.0 Å². The summed E-state index contributed by atoms with van der Waals surface area (Å²) in [6.45, 7) is 6.69. The Kier molecular flexibility index (Phi) is 7.31. The molecule has 1 saturated heterocycles. The third-order valence-corrected chi connectivity index (χ3v) is 5.22. The van der Waals surface area contributed by atoms with Crippen LogP contribution >= 0.6 is 0 Å². The molecule has 28 heavy (non-hydrogen) atoms. The zero-order chi connectivity index (χ0) is 19.8. The van der Waals surface area contributed by atoms with Crippen LogP contribution < -0.4 is 9.64 Å². The Balaban J connectivity index is 1.60. The van der Waals surface area contributed by atoms with Crippen molar-refractivity contribution in [2.75, 3.05) is 51.3 Å². The van der Waals surface area contributed by atoms with Crippen molar-refractivity contribution in [3.63, 3.8) is 0 Å². The first kappa shape index (κ1) is 20.2. The van der Waals surface area contributed by atoms with Gasteiger partial charge in [-0.1, -0.05) is 42.5 Å². The van der Waals surface area contributed by atoms with Gasteiger partial charge in [-0.05, 0) is 31.0 Å². The van der Waals surface area contributed by atoms with Crippen molar-refractivity contribution in [3.05, 3.63) is 60.2 Å². The molecule has 150 valence electrons. The van der Waals surface area contributed by atoms with Gasteiger partial charge in [-0.15, -0.1) is 0 Å². The summed E-state index contributed by atoms with van der Waals surface area (Å²) >= 11 is 0. The van der Waals surface area contributed by atoms with E-state index in [2.05, 4.69) is 28.0 Å². The molecule has 5 heteroatoms. The monoisotopic (exact) mass is 382 g/mol. The third kappa shape index (κ3) is 5.26. The van der Waals surface area contributed by atoms with Crippen LogP contribution in [0.25, 0.3) is 0 Å². The van der Waals surface area contributed by atoms with Crippen molar-refractivity contribution in [2.45, 2.75) is 13.3 Å².